The van der Waals surface area contributed by atoms with E-state index in [2.05, 4.69) is 39.9 Å². The average molecular weight is 248 g/mol. The molecular weight excluding hydrogens is 227 g/mol. The molecule has 0 aromatic heterocycles. The SMILES string of the molecule is CC(C)(C)CC(C)(C)Nc1cc(F)cc(C#N)c1. The summed E-state index contributed by atoms with van der Waals surface area (Å²) in [7, 11) is 0. The van der Waals surface area contributed by atoms with Gasteiger partial charge in [0.15, 0.2) is 0 Å². The van der Waals surface area contributed by atoms with Gasteiger partial charge in [-0.3, -0.25) is 0 Å². The maximum atomic E-state index is 13.3. The van der Waals surface area contributed by atoms with E-state index in [1.165, 1.54) is 12.1 Å². The summed E-state index contributed by atoms with van der Waals surface area (Å²) in [6.07, 6.45) is 0.943. The number of nitrogens with one attached hydrogen (secondary N) is 1. The molecule has 18 heavy (non-hydrogen) atoms. The minimum atomic E-state index is -0.386. The Morgan fingerprint density at radius 2 is 1.78 bits per heavy atom. The van der Waals surface area contributed by atoms with Crippen molar-refractivity contribution >= 4 is 5.69 Å². The molecule has 1 aromatic rings. The van der Waals surface area contributed by atoms with Gasteiger partial charge in [-0.2, -0.15) is 5.26 Å². The molecule has 0 spiro atoms. The first kappa shape index (κ1) is 14.5. The Labute approximate surface area is 109 Å². The summed E-state index contributed by atoms with van der Waals surface area (Å²) in [5.74, 6) is -0.386. The highest BCUT2D eigenvalue weighted by Gasteiger charge is 2.25. The summed E-state index contributed by atoms with van der Waals surface area (Å²) in [5, 5.41) is 12.1. The second-order valence-electron chi connectivity index (χ2n) is 6.59. The van der Waals surface area contributed by atoms with Gasteiger partial charge in [0.2, 0.25) is 0 Å². The molecule has 0 bridgehead atoms. The van der Waals surface area contributed by atoms with E-state index in [-0.39, 0.29) is 16.8 Å². The van der Waals surface area contributed by atoms with Crippen molar-refractivity contribution in [3.8, 4) is 6.07 Å². The van der Waals surface area contributed by atoms with E-state index in [1.54, 1.807) is 6.07 Å². The van der Waals surface area contributed by atoms with Crippen molar-refractivity contribution in [2.24, 2.45) is 5.41 Å². The summed E-state index contributed by atoms with van der Waals surface area (Å²) >= 11 is 0. The minimum absolute atomic E-state index is 0.154. The third-order valence-electron chi connectivity index (χ3n) is 2.48. The van der Waals surface area contributed by atoms with Crippen molar-refractivity contribution in [2.75, 3.05) is 5.32 Å². The standard InChI is InChI=1S/C15H21FN2/c1-14(2,3)10-15(4,5)18-13-7-11(9-17)6-12(16)8-13/h6-8,18H,10H2,1-5H3. The molecule has 0 aliphatic heterocycles. The number of hydrogen-bond acceptors (Lipinski definition) is 2. The van der Waals surface area contributed by atoms with Crippen LogP contribution >= 0.6 is 0 Å². The van der Waals surface area contributed by atoms with Crippen LogP contribution in [0.1, 0.15) is 46.6 Å². The molecule has 0 unspecified atom stereocenters. The zero-order chi connectivity index (χ0) is 14.0. The fraction of sp³-hybridized carbons (Fsp3) is 0.533. The Bertz CT molecular complexity index is 464. The van der Waals surface area contributed by atoms with Crippen LogP contribution in [0.4, 0.5) is 10.1 Å². The van der Waals surface area contributed by atoms with E-state index in [0.29, 0.717) is 11.3 Å². The molecule has 0 aliphatic carbocycles. The lowest BCUT2D eigenvalue weighted by molar-refractivity contribution is 0.302. The highest BCUT2D eigenvalue weighted by molar-refractivity contribution is 5.51. The van der Waals surface area contributed by atoms with Gasteiger partial charge < -0.3 is 5.32 Å². The van der Waals surface area contributed by atoms with Gasteiger partial charge in [-0.1, -0.05) is 20.8 Å². The predicted octanol–water partition coefficient (Wildman–Crippen LogP) is 4.32. The highest BCUT2D eigenvalue weighted by atomic mass is 19.1. The zero-order valence-electron chi connectivity index (χ0n) is 11.8. The van der Waals surface area contributed by atoms with E-state index in [4.69, 9.17) is 5.26 Å². The molecule has 0 saturated carbocycles. The van der Waals surface area contributed by atoms with E-state index < -0.39 is 0 Å². The lowest BCUT2D eigenvalue weighted by Crippen LogP contribution is -2.35. The molecule has 2 nitrogen and oxygen atoms in total. The molecule has 0 radical (unpaired) electrons. The summed E-state index contributed by atoms with van der Waals surface area (Å²) in [6.45, 7) is 10.7. The Morgan fingerprint density at radius 3 is 2.28 bits per heavy atom. The van der Waals surface area contributed by atoms with Crippen molar-refractivity contribution in [1.82, 2.24) is 0 Å². The predicted molar refractivity (Wildman–Crippen MR) is 72.9 cm³/mol. The molecule has 0 fully saturated rings. The third kappa shape index (κ3) is 4.75. The number of hydrogen-bond donors (Lipinski definition) is 1. The maximum absolute atomic E-state index is 13.3. The smallest absolute Gasteiger partial charge is 0.126 e. The van der Waals surface area contributed by atoms with Crippen LogP contribution in [-0.2, 0) is 0 Å². The maximum Gasteiger partial charge on any atom is 0.126 e. The summed E-state index contributed by atoms with van der Waals surface area (Å²) in [4.78, 5) is 0. The second-order valence-corrected chi connectivity index (χ2v) is 6.59. The molecule has 3 heteroatoms. The van der Waals surface area contributed by atoms with E-state index >= 15 is 0 Å². The topological polar surface area (TPSA) is 35.8 Å². The molecule has 1 N–H and O–H groups in total. The third-order valence-corrected chi connectivity index (χ3v) is 2.48. The fourth-order valence-electron chi connectivity index (χ4n) is 2.49. The van der Waals surface area contributed by atoms with E-state index in [9.17, 15) is 4.39 Å². The Balaban J connectivity index is 2.90. The molecule has 0 amide bonds. The van der Waals surface area contributed by atoms with Crippen molar-refractivity contribution in [2.45, 2.75) is 46.6 Å². The van der Waals surface area contributed by atoms with Crippen molar-refractivity contribution in [3.63, 3.8) is 0 Å². The molecule has 1 rings (SSSR count). The molecular formula is C15H21FN2. The van der Waals surface area contributed by atoms with Gasteiger partial charge in [-0.05, 0) is 43.9 Å². The monoisotopic (exact) mass is 248 g/mol. The summed E-state index contributed by atoms with van der Waals surface area (Å²) < 4.78 is 13.3. The lowest BCUT2D eigenvalue weighted by atomic mass is 9.81. The largest absolute Gasteiger partial charge is 0.380 e. The van der Waals surface area contributed by atoms with Gasteiger partial charge >= 0.3 is 0 Å². The Morgan fingerprint density at radius 1 is 1.17 bits per heavy atom. The van der Waals surface area contributed by atoms with Crippen LogP contribution in [0.25, 0.3) is 0 Å². The molecule has 98 valence electrons. The van der Waals surface area contributed by atoms with E-state index in [1.807, 2.05) is 6.07 Å². The number of benzene rings is 1. The fourth-order valence-corrected chi connectivity index (χ4v) is 2.49. The van der Waals surface area contributed by atoms with Gasteiger partial charge in [-0.25, -0.2) is 4.39 Å². The molecule has 0 atom stereocenters. The van der Waals surface area contributed by atoms with Gasteiger partial charge in [0.05, 0.1) is 11.6 Å². The van der Waals surface area contributed by atoms with Crippen molar-refractivity contribution in [1.29, 1.82) is 5.26 Å². The molecule has 0 aliphatic rings. The quantitative estimate of drug-likeness (QED) is 0.864. The lowest BCUT2D eigenvalue weighted by Gasteiger charge is -2.34. The van der Waals surface area contributed by atoms with Crippen LogP contribution in [0.3, 0.4) is 0 Å². The van der Waals surface area contributed by atoms with Gasteiger partial charge in [-0.15, -0.1) is 0 Å². The first-order valence-corrected chi connectivity index (χ1v) is 6.10. The van der Waals surface area contributed by atoms with Crippen LogP contribution in [0.2, 0.25) is 0 Å². The highest BCUT2D eigenvalue weighted by Crippen LogP contribution is 2.30. The Hall–Kier alpha value is -1.56. The van der Waals surface area contributed by atoms with Crippen LogP contribution in [0.15, 0.2) is 18.2 Å². The summed E-state index contributed by atoms with van der Waals surface area (Å²) in [5.41, 5.74) is 1.02. The van der Waals surface area contributed by atoms with Crippen LogP contribution in [-0.4, -0.2) is 5.54 Å². The van der Waals surface area contributed by atoms with Crippen LogP contribution < -0.4 is 5.32 Å². The zero-order valence-corrected chi connectivity index (χ0v) is 11.8. The average Bonchev–Trinajstić information content (AvgIpc) is 2.11. The van der Waals surface area contributed by atoms with E-state index in [0.717, 1.165) is 6.42 Å². The van der Waals surface area contributed by atoms with Gasteiger partial charge in [0, 0.05) is 11.2 Å². The first-order valence-electron chi connectivity index (χ1n) is 6.10. The van der Waals surface area contributed by atoms with Gasteiger partial charge in [0.25, 0.3) is 0 Å². The second kappa shape index (κ2) is 4.97. The van der Waals surface area contributed by atoms with Crippen LogP contribution in [0, 0.1) is 22.6 Å². The minimum Gasteiger partial charge on any atom is -0.380 e. The Kier molecular flexibility index (Phi) is 4.01. The first-order chi connectivity index (χ1) is 8.11. The summed E-state index contributed by atoms with van der Waals surface area (Å²) in [6, 6.07) is 6.30. The van der Waals surface area contributed by atoms with Gasteiger partial charge in [0.1, 0.15) is 5.82 Å². The molecule has 0 saturated heterocycles. The molecule has 1 aromatic carbocycles. The number of anilines is 1. The number of rotatable bonds is 3. The number of nitrogens with zero attached hydrogens (tertiary/aromatic N) is 1. The molecule has 0 heterocycles. The number of halogens is 1. The van der Waals surface area contributed by atoms with Crippen LogP contribution in [0.5, 0.6) is 0 Å². The van der Waals surface area contributed by atoms with Crippen molar-refractivity contribution in [3.05, 3.63) is 29.6 Å². The normalized spacial score (nSPS) is 12.1. The number of nitriles is 1. The van der Waals surface area contributed by atoms with Crippen molar-refractivity contribution < 1.29 is 4.39 Å².